The van der Waals surface area contributed by atoms with E-state index in [2.05, 4.69) is 15.6 Å². The van der Waals surface area contributed by atoms with Crippen LogP contribution < -0.4 is 50.7 Å². The number of aliphatic hydroxyl groups excluding tert-OH is 2. The number of benzene rings is 1. The first kappa shape index (κ1) is 69.7. The van der Waals surface area contributed by atoms with Gasteiger partial charge in [0.1, 0.15) is 18.3 Å². The van der Waals surface area contributed by atoms with Crippen LogP contribution in [0.2, 0.25) is 0 Å². The lowest BCUT2D eigenvalue weighted by molar-refractivity contribution is -0.124. The number of rotatable bonds is 26. The van der Waals surface area contributed by atoms with Crippen molar-refractivity contribution in [2.75, 3.05) is 13.2 Å². The van der Waals surface area contributed by atoms with Crippen molar-refractivity contribution in [3.8, 4) is 0 Å². The summed E-state index contributed by atoms with van der Waals surface area (Å²) >= 11 is 0. The Hall–Kier alpha value is -7.20. The fourth-order valence-corrected chi connectivity index (χ4v) is 16.7. The van der Waals surface area contributed by atoms with Crippen molar-refractivity contribution in [3.05, 3.63) is 68.1 Å². The zero-order valence-electron chi connectivity index (χ0n) is 53.6. The van der Waals surface area contributed by atoms with E-state index in [9.17, 15) is 58.0 Å². The molecule has 7 amide bonds. The number of ether oxygens (including phenoxy) is 1. The molecule has 29 heteroatoms. The third kappa shape index (κ3) is 13.1. The lowest BCUT2D eigenvalue weighted by Gasteiger charge is -2.48. The fourth-order valence-electron chi connectivity index (χ4n) is 15.6. The zero-order chi connectivity index (χ0) is 67.6. The summed E-state index contributed by atoms with van der Waals surface area (Å²) in [5, 5.41) is 28.2. The molecular weight excluding hydrogens is 1200 g/mol. The van der Waals surface area contributed by atoms with Gasteiger partial charge < -0.3 is 69.9 Å². The van der Waals surface area contributed by atoms with Crippen LogP contribution in [0.4, 0.5) is 0 Å². The van der Waals surface area contributed by atoms with Gasteiger partial charge in [0.25, 0.3) is 0 Å². The van der Waals surface area contributed by atoms with Crippen LogP contribution in [0.1, 0.15) is 150 Å². The van der Waals surface area contributed by atoms with Crippen LogP contribution in [0.5, 0.6) is 0 Å². The SMILES string of the molecule is CC1=C2N=C(C=C3NC(=C(C)C4=NC(C)(C5N=C1C(C)(CCC(=O)NCC(C)OP(=O)(O)OC1C(CO)OC(n6c(=O)[nH]c7cc(C)c(C)cc76)C1O)C5CC(N)=O)C(C)(CC(N)=O)C4CCC(N)=O)C(C)(CC(N)=O)C3CCC(N)=O)C(C)(C)C2CCC(N)=O. The second-order valence-electron chi connectivity index (χ2n) is 27.3. The Morgan fingerprint density at radius 1 is 0.802 bits per heavy atom. The van der Waals surface area contributed by atoms with Gasteiger partial charge in [-0.3, -0.25) is 62.2 Å². The van der Waals surface area contributed by atoms with Gasteiger partial charge in [-0.15, -0.1) is 0 Å². The second kappa shape index (κ2) is 25.7. The first-order chi connectivity index (χ1) is 42.2. The van der Waals surface area contributed by atoms with Crippen LogP contribution >= 0.6 is 7.82 Å². The monoisotopic (exact) mass is 1290 g/mol. The maximum absolute atomic E-state index is 14.4. The van der Waals surface area contributed by atoms with E-state index >= 15 is 0 Å². The molecule has 2 aromatic rings. The highest BCUT2D eigenvalue weighted by Gasteiger charge is 2.66. The van der Waals surface area contributed by atoms with E-state index in [1.54, 1.807) is 19.1 Å². The molecule has 0 spiro atoms. The number of imidazole rings is 1. The van der Waals surface area contributed by atoms with E-state index in [0.29, 0.717) is 56.4 Å². The zero-order valence-corrected chi connectivity index (χ0v) is 54.5. The second-order valence-corrected chi connectivity index (χ2v) is 28.6. The third-order valence-electron chi connectivity index (χ3n) is 20.7. The number of allylic oxidation sites excluding steroid dienone is 6. The summed E-state index contributed by atoms with van der Waals surface area (Å²) in [6.07, 6.45) is -6.63. The van der Waals surface area contributed by atoms with Crippen molar-refractivity contribution < 1.29 is 67.0 Å². The number of carbonyl (C=O) groups excluding carboxylic acids is 7. The first-order valence-corrected chi connectivity index (χ1v) is 32.2. The van der Waals surface area contributed by atoms with Gasteiger partial charge in [0.15, 0.2) is 6.23 Å². The number of primary amides is 6. The average Bonchev–Trinajstić information content (AvgIpc) is 1.54. The van der Waals surface area contributed by atoms with Gasteiger partial charge in [0.05, 0.1) is 35.3 Å². The van der Waals surface area contributed by atoms with Crippen LogP contribution in [0.15, 0.2) is 66.2 Å². The number of aromatic amines is 1. The summed E-state index contributed by atoms with van der Waals surface area (Å²) in [5.74, 6) is -7.30. The minimum atomic E-state index is -5.15. The summed E-state index contributed by atoms with van der Waals surface area (Å²) in [4.78, 5) is 137. The van der Waals surface area contributed by atoms with Gasteiger partial charge in [-0.05, 0) is 108 Å². The van der Waals surface area contributed by atoms with Gasteiger partial charge in [-0.25, -0.2) is 9.36 Å². The average molecular weight is 1290 g/mol. The van der Waals surface area contributed by atoms with Crippen LogP contribution in [0.3, 0.4) is 0 Å². The summed E-state index contributed by atoms with van der Waals surface area (Å²) in [5.41, 5.74) is 35.9. The molecule has 15 unspecified atom stereocenters. The van der Waals surface area contributed by atoms with Gasteiger partial charge in [0, 0.05) is 131 Å². The van der Waals surface area contributed by atoms with E-state index < -0.39 is 149 Å². The number of aliphatic imine (C=N–C) groups is 3. The predicted octanol–water partition coefficient (Wildman–Crippen LogP) is 2.46. The van der Waals surface area contributed by atoms with Crippen LogP contribution in [0.25, 0.3) is 11.0 Å². The van der Waals surface area contributed by atoms with Gasteiger partial charge in [-0.1, -0.05) is 34.6 Å². The molecule has 8 rings (SSSR count). The molecule has 0 saturated carbocycles. The first-order valence-electron chi connectivity index (χ1n) is 30.8. The number of hydrogen-bond acceptors (Lipinski definition) is 18. The molecule has 2 saturated heterocycles. The Labute approximate surface area is 527 Å². The summed E-state index contributed by atoms with van der Waals surface area (Å²) in [6, 6.07) is 2.41. The van der Waals surface area contributed by atoms with Crippen molar-refractivity contribution in [1.82, 2.24) is 20.2 Å². The summed E-state index contributed by atoms with van der Waals surface area (Å²) in [7, 11) is -5.15. The fraction of sp³-hybridized carbons (Fsp3) is 0.629. The number of hydrogen-bond donors (Lipinski definition) is 12. The lowest BCUT2D eigenvalue weighted by Crippen LogP contribution is -2.56. The standard InChI is InChI=1S/C62H90N13O15P/c1-28-20-38-39(21-29(28)2)75(57(85)71-38)56-51(84)52(40(27-76)88-56)90-91(86,87)89-30(3)26-69-48(83)18-19-59(8)36(22-45(66)80)55-62(11)61(10,25-47(68)82)35(14-17-44(65)79)50(74-62)32(5)54-60(9,24-46(67)81)33(12-15-42(63)77)37(70-54)23-41-58(6,7)34(13-16-43(64)78)49(72-41)31(4)53(59)73-55/h20-21,23,30,33-36,40,51-52,55-56,70,76,84H,12-19,22,24-27H2,1-11H3,(H2,63,77)(H2,64,78)(H2,65,79)(H2,66,80)(H2,67,81)(H2,68,82)(H,69,83)(H,71,85)(H,86,87). The number of nitrogens with two attached hydrogens (primary N) is 6. The Kier molecular flexibility index (Phi) is 19.7. The molecule has 2 fully saturated rings. The number of phosphoric acid groups is 1. The molecule has 1 aromatic carbocycles. The van der Waals surface area contributed by atoms with Gasteiger partial charge in [-0.2, -0.15) is 0 Å². The number of carbonyl (C=O) groups is 7. The Bertz CT molecular complexity index is 3660. The molecule has 498 valence electrons. The molecule has 6 aliphatic rings. The van der Waals surface area contributed by atoms with E-state index in [1.165, 1.54) is 6.92 Å². The number of nitrogens with zero attached hydrogens (tertiary/aromatic N) is 4. The normalized spacial score (nSPS) is 31.8. The molecule has 7 heterocycles. The Morgan fingerprint density at radius 3 is 1.98 bits per heavy atom. The molecule has 15 atom stereocenters. The summed E-state index contributed by atoms with van der Waals surface area (Å²) < 4.78 is 31.7. The number of aliphatic hydroxyl groups is 2. The molecule has 28 nitrogen and oxygen atoms in total. The lowest BCUT2D eigenvalue weighted by atomic mass is 9.55. The predicted molar refractivity (Wildman–Crippen MR) is 336 cm³/mol. The maximum atomic E-state index is 14.4. The Balaban J connectivity index is 1.19. The summed E-state index contributed by atoms with van der Waals surface area (Å²) in [6.45, 7) is 18.9. The molecule has 0 aliphatic carbocycles. The topological polar surface area (TPSA) is 480 Å². The highest BCUT2D eigenvalue weighted by Crippen LogP contribution is 2.63. The largest absolute Gasteiger partial charge is 0.472 e. The number of phosphoric ester groups is 1. The maximum Gasteiger partial charge on any atom is 0.472 e. The van der Waals surface area contributed by atoms with Crippen LogP contribution in [0, 0.1) is 59.2 Å². The van der Waals surface area contributed by atoms with E-state index in [0.717, 1.165) is 15.7 Å². The quantitative estimate of drug-likeness (QED) is 0.0602. The van der Waals surface area contributed by atoms with Crippen molar-refractivity contribution in [1.29, 1.82) is 0 Å². The number of H-pyrrole nitrogens is 1. The molecule has 8 bridgehead atoms. The van der Waals surface area contributed by atoms with Crippen LogP contribution in [-0.2, 0) is 51.9 Å². The molecule has 6 aliphatic heterocycles. The van der Waals surface area contributed by atoms with Gasteiger partial charge in [0.2, 0.25) is 41.4 Å². The number of aromatic nitrogens is 2. The van der Waals surface area contributed by atoms with E-state index in [4.69, 9.17) is 63.2 Å². The smallest absolute Gasteiger partial charge is 0.394 e. The number of amides is 7. The molecule has 18 N–H and O–H groups in total. The highest BCUT2D eigenvalue weighted by molar-refractivity contribution is 7.47. The number of nitrogens with one attached hydrogen (secondary N) is 3. The minimum Gasteiger partial charge on any atom is -0.394 e. The minimum absolute atomic E-state index is 0.0319. The third-order valence-corrected chi connectivity index (χ3v) is 21.9. The highest BCUT2D eigenvalue weighted by atomic mass is 31.2. The van der Waals surface area contributed by atoms with Crippen molar-refractivity contribution in [2.24, 2.45) is 94.7 Å². The Morgan fingerprint density at radius 2 is 1.40 bits per heavy atom. The van der Waals surface area contributed by atoms with Crippen molar-refractivity contribution in [3.63, 3.8) is 0 Å². The molecule has 91 heavy (non-hydrogen) atoms. The molecule has 0 radical (unpaired) electrons. The molecular formula is C62H90N13O15P. The van der Waals surface area contributed by atoms with E-state index in [1.807, 2.05) is 68.4 Å². The van der Waals surface area contributed by atoms with Crippen molar-refractivity contribution in [2.45, 2.75) is 189 Å². The van der Waals surface area contributed by atoms with Crippen LogP contribution in [-0.4, -0.2) is 132 Å². The number of aryl methyl sites for hydroxylation is 2. The van der Waals surface area contributed by atoms with Crippen molar-refractivity contribution >= 4 is 77.3 Å². The van der Waals surface area contributed by atoms with E-state index in [-0.39, 0.29) is 77.2 Å². The number of fused-ring (bicyclic) bond motifs is 7. The van der Waals surface area contributed by atoms with Gasteiger partial charge >= 0.3 is 13.5 Å². The molecule has 1 aromatic heterocycles.